The summed E-state index contributed by atoms with van der Waals surface area (Å²) in [6.45, 7) is 3.35. The molecule has 2 N–H and O–H groups in total. The Morgan fingerprint density at radius 2 is 2.40 bits per heavy atom. The van der Waals surface area contributed by atoms with Crippen molar-refractivity contribution in [2.24, 2.45) is 0 Å². The van der Waals surface area contributed by atoms with E-state index in [1.54, 1.807) is 0 Å². The molecular formula is C11H16BrN3. The number of rotatable bonds is 2. The highest BCUT2D eigenvalue weighted by Gasteiger charge is 2.20. The van der Waals surface area contributed by atoms with Crippen molar-refractivity contribution in [2.45, 2.75) is 31.8 Å². The number of pyridine rings is 1. The molecule has 1 aromatic rings. The molecule has 1 fully saturated rings. The van der Waals surface area contributed by atoms with Crippen molar-refractivity contribution in [2.75, 3.05) is 11.9 Å². The van der Waals surface area contributed by atoms with Crippen LogP contribution in [0, 0.1) is 0 Å². The summed E-state index contributed by atoms with van der Waals surface area (Å²) >= 11 is 3.38. The van der Waals surface area contributed by atoms with Crippen LogP contribution in [0.15, 0.2) is 22.8 Å². The molecule has 0 aliphatic carbocycles. The molecule has 0 amide bonds. The molecule has 1 aliphatic heterocycles. The highest BCUT2D eigenvalue weighted by atomic mass is 79.9. The summed E-state index contributed by atoms with van der Waals surface area (Å²) in [4.78, 5) is 4.32. The minimum absolute atomic E-state index is 0.493. The fraction of sp³-hybridized carbons (Fsp3) is 0.545. The van der Waals surface area contributed by atoms with Crippen LogP contribution in [0.1, 0.15) is 19.8 Å². The van der Waals surface area contributed by atoms with Crippen molar-refractivity contribution in [3.63, 3.8) is 0 Å². The van der Waals surface area contributed by atoms with E-state index in [1.807, 2.05) is 18.3 Å². The van der Waals surface area contributed by atoms with E-state index in [0.717, 1.165) is 16.8 Å². The predicted octanol–water partition coefficient (Wildman–Crippen LogP) is 2.40. The average Bonchev–Trinajstić information content (AvgIpc) is 2.25. The van der Waals surface area contributed by atoms with Gasteiger partial charge >= 0.3 is 0 Å². The van der Waals surface area contributed by atoms with Crippen LogP contribution in [-0.2, 0) is 0 Å². The molecule has 0 radical (unpaired) electrons. The van der Waals surface area contributed by atoms with Crippen LogP contribution in [0.3, 0.4) is 0 Å². The van der Waals surface area contributed by atoms with Crippen LogP contribution in [0.2, 0.25) is 0 Å². The van der Waals surface area contributed by atoms with Crippen molar-refractivity contribution in [3.05, 3.63) is 22.8 Å². The molecule has 2 unspecified atom stereocenters. The Morgan fingerprint density at radius 3 is 3.07 bits per heavy atom. The Kier molecular flexibility index (Phi) is 3.59. The Balaban J connectivity index is 1.98. The summed E-state index contributed by atoms with van der Waals surface area (Å²) in [5, 5.41) is 6.93. The lowest BCUT2D eigenvalue weighted by Gasteiger charge is -2.31. The maximum atomic E-state index is 4.32. The number of nitrogens with one attached hydrogen (secondary N) is 2. The Hall–Kier alpha value is -0.610. The van der Waals surface area contributed by atoms with E-state index in [-0.39, 0.29) is 0 Å². The summed E-state index contributed by atoms with van der Waals surface area (Å²) < 4.78 is 1.02. The fourth-order valence-corrected chi connectivity index (χ4v) is 2.13. The third-order valence-corrected chi connectivity index (χ3v) is 3.29. The van der Waals surface area contributed by atoms with Crippen LogP contribution in [0.4, 0.5) is 5.82 Å². The van der Waals surface area contributed by atoms with Gasteiger partial charge in [0.15, 0.2) is 0 Å². The van der Waals surface area contributed by atoms with Crippen LogP contribution in [0.25, 0.3) is 0 Å². The standard InChI is InChI=1S/C11H16BrN3/c1-8-10(3-2-6-13-8)15-11-5-4-9(12)7-14-11/h4-5,7-8,10,13H,2-3,6H2,1H3,(H,14,15). The van der Waals surface area contributed by atoms with Crippen LogP contribution in [-0.4, -0.2) is 23.6 Å². The zero-order chi connectivity index (χ0) is 10.7. The van der Waals surface area contributed by atoms with E-state index < -0.39 is 0 Å². The van der Waals surface area contributed by atoms with Gasteiger partial charge in [-0.3, -0.25) is 0 Å². The molecule has 0 bridgehead atoms. The van der Waals surface area contributed by atoms with Crippen molar-refractivity contribution in [1.29, 1.82) is 0 Å². The highest BCUT2D eigenvalue weighted by Crippen LogP contribution is 2.16. The Morgan fingerprint density at radius 1 is 1.53 bits per heavy atom. The molecule has 4 heteroatoms. The first-order valence-electron chi connectivity index (χ1n) is 5.37. The van der Waals surface area contributed by atoms with Crippen LogP contribution in [0.5, 0.6) is 0 Å². The summed E-state index contributed by atoms with van der Waals surface area (Å²) in [6.07, 6.45) is 4.27. The molecule has 2 heterocycles. The van der Waals surface area contributed by atoms with Gasteiger partial charge in [-0.05, 0) is 54.4 Å². The lowest BCUT2D eigenvalue weighted by molar-refractivity contribution is 0.389. The van der Waals surface area contributed by atoms with E-state index in [4.69, 9.17) is 0 Å². The average molecular weight is 270 g/mol. The monoisotopic (exact) mass is 269 g/mol. The van der Waals surface area contributed by atoms with Gasteiger partial charge in [0.1, 0.15) is 5.82 Å². The van der Waals surface area contributed by atoms with Crippen LogP contribution < -0.4 is 10.6 Å². The normalized spacial score (nSPS) is 26.3. The van der Waals surface area contributed by atoms with Gasteiger partial charge in [0.25, 0.3) is 0 Å². The number of aromatic nitrogens is 1. The summed E-state index contributed by atoms with van der Waals surface area (Å²) in [6, 6.07) is 5.03. The topological polar surface area (TPSA) is 37.0 Å². The minimum atomic E-state index is 0.493. The Bertz CT molecular complexity index is 312. The molecule has 1 aromatic heterocycles. The van der Waals surface area contributed by atoms with Gasteiger partial charge in [-0.25, -0.2) is 4.98 Å². The zero-order valence-corrected chi connectivity index (χ0v) is 10.4. The number of hydrogen-bond acceptors (Lipinski definition) is 3. The lowest BCUT2D eigenvalue weighted by Crippen LogP contribution is -2.46. The lowest BCUT2D eigenvalue weighted by atomic mass is 10.00. The van der Waals surface area contributed by atoms with Gasteiger partial charge < -0.3 is 10.6 Å². The number of halogens is 1. The maximum Gasteiger partial charge on any atom is 0.126 e. The predicted molar refractivity (Wildman–Crippen MR) is 66.0 cm³/mol. The second-order valence-corrected chi connectivity index (χ2v) is 4.91. The molecule has 0 aromatic carbocycles. The SMILES string of the molecule is CC1NCCCC1Nc1ccc(Br)cn1. The fourth-order valence-electron chi connectivity index (χ4n) is 1.89. The van der Waals surface area contributed by atoms with E-state index in [0.29, 0.717) is 12.1 Å². The second kappa shape index (κ2) is 4.94. The van der Waals surface area contributed by atoms with Crippen molar-refractivity contribution in [3.8, 4) is 0 Å². The van der Waals surface area contributed by atoms with E-state index in [9.17, 15) is 0 Å². The number of nitrogens with zero attached hydrogens (tertiary/aromatic N) is 1. The third kappa shape index (κ3) is 2.92. The van der Waals surface area contributed by atoms with Crippen molar-refractivity contribution in [1.82, 2.24) is 10.3 Å². The van der Waals surface area contributed by atoms with Gasteiger partial charge in [-0.1, -0.05) is 0 Å². The first-order valence-corrected chi connectivity index (χ1v) is 6.16. The first kappa shape index (κ1) is 10.9. The highest BCUT2D eigenvalue weighted by molar-refractivity contribution is 9.10. The van der Waals surface area contributed by atoms with E-state index >= 15 is 0 Å². The minimum Gasteiger partial charge on any atom is -0.366 e. The summed E-state index contributed by atoms with van der Waals surface area (Å²) in [7, 11) is 0. The van der Waals surface area contributed by atoms with Gasteiger partial charge in [-0.15, -0.1) is 0 Å². The third-order valence-electron chi connectivity index (χ3n) is 2.82. The van der Waals surface area contributed by atoms with Crippen LogP contribution >= 0.6 is 15.9 Å². The number of piperidine rings is 1. The molecule has 1 saturated heterocycles. The zero-order valence-electron chi connectivity index (χ0n) is 8.83. The molecule has 0 saturated carbocycles. The summed E-state index contributed by atoms with van der Waals surface area (Å²) in [5.74, 6) is 0.957. The molecule has 15 heavy (non-hydrogen) atoms. The molecule has 0 spiro atoms. The number of hydrogen-bond donors (Lipinski definition) is 2. The van der Waals surface area contributed by atoms with E-state index in [2.05, 4.69) is 38.5 Å². The van der Waals surface area contributed by atoms with Crippen molar-refractivity contribution >= 4 is 21.7 Å². The van der Waals surface area contributed by atoms with E-state index in [1.165, 1.54) is 12.8 Å². The maximum absolute atomic E-state index is 4.32. The summed E-state index contributed by atoms with van der Waals surface area (Å²) in [5.41, 5.74) is 0. The van der Waals surface area contributed by atoms with Crippen molar-refractivity contribution < 1.29 is 0 Å². The Labute approximate surface area is 98.8 Å². The second-order valence-electron chi connectivity index (χ2n) is 4.00. The smallest absolute Gasteiger partial charge is 0.126 e. The van der Waals surface area contributed by atoms with Gasteiger partial charge in [0, 0.05) is 22.8 Å². The molecule has 1 aliphatic rings. The quantitative estimate of drug-likeness (QED) is 0.866. The van der Waals surface area contributed by atoms with Gasteiger partial charge in [0.05, 0.1) is 0 Å². The number of anilines is 1. The van der Waals surface area contributed by atoms with Gasteiger partial charge in [0.2, 0.25) is 0 Å². The molecule has 82 valence electrons. The first-order chi connectivity index (χ1) is 7.25. The largest absolute Gasteiger partial charge is 0.366 e. The molecule has 2 rings (SSSR count). The molecular weight excluding hydrogens is 254 g/mol. The molecule has 3 nitrogen and oxygen atoms in total. The van der Waals surface area contributed by atoms with Gasteiger partial charge in [-0.2, -0.15) is 0 Å². The molecule has 2 atom stereocenters.